The predicted molar refractivity (Wildman–Crippen MR) is 104 cm³/mol. The number of Topliss-reactive ketones (excluding diaryl/α,β-unsaturated/α-hetero) is 1. The quantitative estimate of drug-likeness (QED) is 0.454. The van der Waals surface area contributed by atoms with E-state index in [1.807, 2.05) is 49.6 Å². The minimum Gasteiger partial charge on any atom is -0.453 e. The third kappa shape index (κ3) is 3.98. The molecule has 1 aromatic carbocycles. The van der Waals surface area contributed by atoms with Gasteiger partial charge in [0.05, 0.1) is 6.20 Å². The molecule has 7 heteroatoms. The molecule has 3 rings (SSSR count). The summed E-state index contributed by atoms with van der Waals surface area (Å²) in [6.07, 6.45) is 4.15. The van der Waals surface area contributed by atoms with E-state index in [0.717, 1.165) is 27.1 Å². The predicted octanol–water partition coefficient (Wildman–Crippen LogP) is 3.99. The van der Waals surface area contributed by atoms with E-state index < -0.39 is 5.97 Å². The molecule has 2 aromatic heterocycles. The number of nitrogens with zero attached hydrogens (tertiary/aromatic N) is 3. The van der Waals surface area contributed by atoms with Gasteiger partial charge in [-0.25, -0.2) is 9.78 Å². The van der Waals surface area contributed by atoms with Crippen LogP contribution in [0.3, 0.4) is 0 Å². The number of benzene rings is 1. The molecule has 0 aliphatic rings. The highest BCUT2D eigenvalue weighted by molar-refractivity contribution is 9.10. The number of aromatic nitrogens is 3. The molecule has 0 bridgehead atoms. The van der Waals surface area contributed by atoms with Crippen LogP contribution in [-0.4, -0.2) is 32.9 Å². The van der Waals surface area contributed by atoms with Gasteiger partial charge in [-0.1, -0.05) is 15.9 Å². The van der Waals surface area contributed by atoms with Crippen LogP contribution in [-0.2, 0) is 4.74 Å². The average molecular weight is 428 g/mol. The van der Waals surface area contributed by atoms with Crippen LogP contribution in [0.25, 0.3) is 5.69 Å². The molecule has 27 heavy (non-hydrogen) atoms. The fourth-order valence-electron chi connectivity index (χ4n) is 2.90. The Bertz CT molecular complexity index is 1010. The Morgan fingerprint density at radius 1 is 1.15 bits per heavy atom. The second-order valence-corrected chi connectivity index (χ2v) is 7.00. The molecule has 0 aliphatic heterocycles. The fourth-order valence-corrected chi connectivity index (χ4v) is 3.14. The van der Waals surface area contributed by atoms with Gasteiger partial charge in [0.25, 0.3) is 0 Å². The summed E-state index contributed by atoms with van der Waals surface area (Å²) >= 11 is 3.50. The van der Waals surface area contributed by atoms with Gasteiger partial charge >= 0.3 is 5.97 Å². The summed E-state index contributed by atoms with van der Waals surface area (Å²) in [4.78, 5) is 32.2. The molecule has 0 N–H and O–H groups in total. The van der Waals surface area contributed by atoms with E-state index in [4.69, 9.17) is 4.74 Å². The molecule has 0 saturated heterocycles. The molecule has 0 unspecified atom stereocenters. The Labute approximate surface area is 165 Å². The SMILES string of the molecule is Cc1cc(-n2c(C)cc(C(=O)COC(=O)c3cnccn3)c2C)ccc1Br. The fraction of sp³-hybridized carbons (Fsp3) is 0.200. The normalized spacial score (nSPS) is 10.7. The van der Waals surface area contributed by atoms with Crippen molar-refractivity contribution >= 4 is 27.7 Å². The van der Waals surface area contributed by atoms with E-state index in [2.05, 4.69) is 25.9 Å². The first-order valence-electron chi connectivity index (χ1n) is 8.30. The Kier molecular flexibility index (Phi) is 5.51. The highest BCUT2D eigenvalue weighted by Crippen LogP contribution is 2.25. The first kappa shape index (κ1) is 19.0. The zero-order chi connectivity index (χ0) is 19.6. The molecule has 0 radical (unpaired) electrons. The summed E-state index contributed by atoms with van der Waals surface area (Å²) in [5, 5.41) is 0. The largest absolute Gasteiger partial charge is 0.453 e. The summed E-state index contributed by atoms with van der Waals surface area (Å²) in [5.41, 5.74) is 4.40. The molecule has 0 fully saturated rings. The number of rotatable bonds is 5. The van der Waals surface area contributed by atoms with E-state index in [-0.39, 0.29) is 18.1 Å². The van der Waals surface area contributed by atoms with Gasteiger partial charge in [0, 0.05) is 39.5 Å². The number of carbonyl (C=O) groups excluding carboxylic acids is 2. The van der Waals surface area contributed by atoms with Crippen LogP contribution in [0.5, 0.6) is 0 Å². The molecule has 2 heterocycles. The summed E-state index contributed by atoms with van der Waals surface area (Å²) in [6, 6.07) is 7.82. The zero-order valence-electron chi connectivity index (χ0n) is 15.2. The number of hydrogen-bond donors (Lipinski definition) is 0. The lowest BCUT2D eigenvalue weighted by Crippen LogP contribution is -2.16. The molecule has 0 amide bonds. The summed E-state index contributed by atoms with van der Waals surface area (Å²) in [5.74, 6) is -0.936. The van der Waals surface area contributed by atoms with Gasteiger partial charge in [-0.05, 0) is 50.6 Å². The standard InChI is InChI=1S/C20H18BrN3O3/c1-12-8-15(4-5-17(12)21)24-13(2)9-16(14(24)3)19(25)11-27-20(26)18-10-22-6-7-23-18/h4-10H,11H2,1-3H3. The van der Waals surface area contributed by atoms with Gasteiger partial charge < -0.3 is 9.30 Å². The third-order valence-corrected chi connectivity index (χ3v) is 5.13. The van der Waals surface area contributed by atoms with Crippen molar-refractivity contribution in [3.05, 3.63) is 75.5 Å². The van der Waals surface area contributed by atoms with E-state index in [1.165, 1.54) is 18.6 Å². The van der Waals surface area contributed by atoms with Gasteiger partial charge in [0.15, 0.2) is 12.3 Å². The van der Waals surface area contributed by atoms with E-state index in [1.54, 1.807) is 0 Å². The average Bonchev–Trinajstić information content (AvgIpc) is 2.97. The van der Waals surface area contributed by atoms with Crippen LogP contribution in [0.2, 0.25) is 0 Å². The monoisotopic (exact) mass is 427 g/mol. The van der Waals surface area contributed by atoms with Crippen LogP contribution in [0.15, 0.2) is 47.3 Å². The van der Waals surface area contributed by atoms with Gasteiger partial charge in [-0.15, -0.1) is 0 Å². The van der Waals surface area contributed by atoms with Crippen LogP contribution in [0.4, 0.5) is 0 Å². The Hall–Kier alpha value is -2.80. The number of hydrogen-bond acceptors (Lipinski definition) is 5. The Balaban J connectivity index is 1.80. The van der Waals surface area contributed by atoms with Crippen LogP contribution in [0, 0.1) is 20.8 Å². The number of aryl methyl sites for hydroxylation is 2. The number of esters is 1. The van der Waals surface area contributed by atoms with Crippen molar-refractivity contribution in [2.24, 2.45) is 0 Å². The van der Waals surface area contributed by atoms with Gasteiger partial charge in [0.1, 0.15) is 0 Å². The van der Waals surface area contributed by atoms with Crippen molar-refractivity contribution in [3.63, 3.8) is 0 Å². The topological polar surface area (TPSA) is 74.1 Å². The molecule has 0 saturated carbocycles. The molecule has 0 aliphatic carbocycles. The van der Waals surface area contributed by atoms with Crippen LogP contribution in [0.1, 0.15) is 37.8 Å². The number of halogens is 1. The lowest BCUT2D eigenvalue weighted by molar-refractivity contribution is 0.0468. The molecular weight excluding hydrogens is 410 g/mol. The summed E-state index contributed by atoms with van der Waals surface area (Å²) in [7, 11) is 0. The molecule has 6 nitrogen and oxygen atoms in total. The highest BCUT2D eigenvalue weighted by atomic mass is 79.9. The summed E-state index contributed by atoms with van der Waals surface area (Å²) in [6.45, 7) is 5.48. The molecule has 138 valence electrons. The maximum atomic E-state index is 12.6. The maximum Gasteiger partial charge on any atom is 0.358 e. The van der Waals surface area contributed by atoms with Crippen LogP contribution < -0.4 is 0 Å². The minimum absolute atomic E-state index is 0.0705. The van der Waals surface area contributed by atoms with E-state index >= 15 is 0 Å². The molecular formula is C20H18BrN3O3. The van der Waals surface area contributed by atoms with E-state index in [9.17, 15) is 9.59 Å². The van der Waals surface area contributed by atoms with Crippen molar-refractivity contribution in [2.45, 2.75) is 20.8 Å². The zero-order valence-corrected chi connectivity index (χ0v) is 16.8. The highest BCUT2D eigenvalue weighted by Gasteiger charge is 2.19. The maximum absolute atomic E-state index is 12.6. The second kappa shape index (κ2) is 7.84. The van der Waals surface area contributed by atoms with Crippen LogP contribution >= 0.6 is 15.9 Å². The van der Waals surface area contributed by atoms with Crippen molar-refractivity contribution < 1.29 is 14.3 Å². The van der Waals surface area contributed by atoms with Gasteiger partial charge in [-0.2, -0.15) is 0 Å². The lowest BCUT2D eigenvalue weighted by Gasteiger charge is -2.11. The van der Waals surface area contributed by atoms with Crippen molar-refractivity contribution in [3.8, 4) is 5.69 Å². The lowest BCUT2D eigenvalue weighted by atomic mass is 10.1. The molecule has 3 aromatic rings. The first-order chi connectivity index (χ1) is 12.9. The third-order valence-electron chi connectivity index (χ3n) is 4.24. The Morgan fingerprint density at radius 3 is 2.59 bits per heavy atom. The van der Waals surface area contributed by atoms with Gasteiger partial charge in [0.2, 0.25) is 5.78 Å². The minimum atomic E-state index is -0.672. The molecule has 0 atom stereocenters. The second-order valence-electron chi connectivity index (χ2n) is 6.14. The van der Waals surface area contributed by atoms with Crippen molar-refractivity contribution in [1.29, 1.82) is 0 Å². The Morgan fingerprint density at radius 2 is 1.93 bits per heavy atom. The van der Waals surface area contributed by atoms with Gasteiger partial charge in [-0.3, -0.25) is 9.78 Å². The number of carbonyl (C=O) groups is 2. The number of ketones is 1. The van der Waals surface area contributed by atoms with Crippen molar-refractivity contribution in [1.82, 2.24) is 14.5 Å². The first-order valence-corrected chi connectivity index (χ1v) is 9.09. The smallest absolute Gasteiger partial charge is 0.358 e. The summed E-state index contributed by atoms with van der Waals surface area (Å²) < 4.78 is 8.12. The number of ether oxygens (including phenoxy) is 1. The van der Waals surface area contributed by atoms with E-state index in [0.29, 0.717) is 5.56 Å². The molecule has 0 spiro atoms. The van der Waals surface area contributed by atoms with Crippen molar-refractivity contribution in [2.75, 3.05) is 6.61 Å².